The molecule has 2 N–H and O–H groups in total. The highest BCUT2D eigenvalue weighted by molar-refractivity contribution is 5.80. The van der Waals surface area contributed by atoms with Gasteiger partial charge in [0.1, 0.15) is 12.4 Å². The average Bonchev–Trinajstić information content (AvgIpc) is 3.58. The molecule has 2 heterocycles. The molecule has 1 fully saturated rings. The van der Waals surface area contributed by atoms with E-state index in [2.05, 4.69) is 16.5 Å². The molecule has 0 atom stereocenters. The minimum atomic E-state index is -0.992. The van der Waals surface area contributed by atoms with Gasteiger partial charge < -0.3 is 19.7 Å². The maximum Gasteiger partial charge on any atom is 0.303 e. The largest absolute Gasteiger partial charge is 0.491 e. The van der Waals surface area contributed by atoms with Crippen LogP contribution in [0.1, 0.15) is 73.9 Å². The first-order chi connectivity index (χ1) is 17.8. The monoisotopic (exact) mass is 506 g/mol. The van der Waals surface area contributed by atoms with E-state index in [-0.39, 0.29) is 25.4 Å². The molecular formula is C28H34N4O5. The molecule has 1 aromatic carbocycles. The second-order valence-corrected chi connectivity index (χ2v) is 9.55. The molecule has 0 radical (unpaired) electrons. The average molecular weight is 507 g/mol. The zero-order valence-corrected chi connectivity index (χ0v) is 21.7. The maximum absolute atomic E-state index is 11.7. The Morgan fingerprint density at radius 2 is 1.86 bits per heavy atom. The van der Waals surface area contributed by atoms with Crippen molar-refractivity contribution in [3.8, 4) is 28.6 Å². The highest BCUT2D eigenvalue weighted by Crippen LogP contribution is 2.35. The Morgan fingerprint density at radius 1 is 1.08 bits per heavy atom. The van der Waals surface area contributed by atoms with Crippen LogP contribution < -0.4 is 10.1 Å². The Hall–Kier alpha value is -3.75. The number of aryl methyl sites for hydroxylation is 3. The molecule has 3 aromatic rings. The van der Waals surface area contributed by atoms with Gasteiger partial charge in [0.25, 0.3) is 5.89 Å². The zero-order chi connectivity index (χ0) is 26.4. The fraction of sp³-hybridized carbons (Fsp3) is 0.464. The van der Waals surface area contributed by atoms with Gasteiger partial charge in [-0.25, -0.2) is 0 Å². The van der Waals surface area contributed by atoms with Crippen molar-refractivity contribution in [3.63, 3.8) is 0 Å². The van der Waals surface area contributed by atoms with Crippen LogP contribution in [0.5, 0.6) is 5.75 Å². The van der Waals surface area contributed by atoms with Gasteiger partial charge in [0.2, 0.25) is 11.7 Å². The van der Waals surface area contributed by atoms with Crippen molar-refractivity contribution in [2.45, 2.75) is 71.6 Å². The molecule has 37 heavy (non-hydrogen) atoms. The third-order valence-electron chi connectivity index (χ3n) is 6.65. The highest BCUT2D eigenvalue weighted by Gasteiger charge is 2.21. The van der Waals surface area contributed by atoms with E-state index in [1.807, 2.05) is 39.0 Å². The number of pyridine rings is 1. The van der Waals surface area contributed by atoms with E-state index in [0.717, 1.165) is 45.8 Å². The highest BCUT2D eigenvalue weighted by atomic mass is 16.5. The van der Waals surface area contributed by atoms with Gasteiger partial charge >= 0.3 is 5.97 Å². The summed E-state index contributed by atoms with van der Waals surface area (Å²) in [6, 6.07) is 8.04. The van der Waals surface area contributed by atoms with Gasteiger partial charge in [-0.1, -0.05) is 24.9 Å². The summed E-state index contributed by atoms with van der Waals surface area (Å²) in [6.45, 7) is 6.58. The molecule has 1 aliphatic carbocycles. The predicted octanol–water partition coefficient (Wildman–Crippen LogP) is 5.00. The fourth-order valence-electron chi connectivity index (χ4n) is 4.80. The molecule has 9 nitrogen and oxygen atoms in total. The first kappa shape index (κ1) is 26.3. The van der Waals surface area contributed by atoms with E-state index < -0.39 is 5.97 Å². The Morgan fingerprint density at radius 3 is 2.59 bits per heavy atom. The summed E-state index contributed by atoms with van der Waals surface area (Å²) in [7, 11) is 0. The number of carbonyl (C=O) groups excluding carboxylic acids is 1. The smallest absolute Gasteiger partial charge is 0.303 e. The Labute approximate surface area is 216 Å². The van der Waals surface area contributed by atoms with Crippen LogP contribution in [0.15, 0.2) is 28.8 Å². The van der Waals surface area contributed by atoms with E-state index in [1.165, 1.54) is 25.7 Å². The number of carbonyl (C=O) groups is 2. The lowest BCUT2D eigenvalue weighted by Gasteiger charge is -2.15. The Bertz CT molecular complexity index is 1260. The molecule has 1 saturated carbocycles. The number of carboxylic acid groups (broad SMARTS) is 1. The van der Waals surface area contributed by atoms with Crippen molar-refractivity contribution >= 4 is 11.9 Å². The van der Waals surface area contributed by atoms with Gasteiger partial charge in [0, 0.05) is 34.9 Å². The van der Waals surface area contributed by atoms with E-state index in [4.69, 9.17) is 24.3 Å². The molecule has 0 aliphatic heterocycles. The molecule has 1 aliphatic rings. The summed E-state index contributed by atoms with van der Waals surface area (Å²) in [5.74, 6) is 0.966. The number of amides is 1. The number of ether oxygens (including phenoxy) is 1. The standard InChI is InChI=1S/C28H34N4O5/c1-4-19-15-21(13-17(2)26(19)36-12-11-29-24(33)9-10-25(34)35)27-31-28(37-32-27)22-14-18(3)30-23(16-22)20-7-5-6-8-20/h13-16,20H,4-12H2,1-3H3,(H,29,33)(H,34,35). The summed E-state index contributed by atoms with van der Waals surface area (Å²) in [4.78, 5) is 31.7. The minimum Gasteiger partial charge on any atom is -0.491 e. The van der Waals surface area contributed by atoms with Crippen LogP contribution in [0.25, 0.3) is 22.8 Å². The van der Waals surface area contributed by atoms with Crippen molar-refractivity contribution in [1.29, 1.82) is 0 Å². The Kier molecular flexibility index (Phi) is 8.53. The lowest BCUT2D eigenvalue weighted by atomic mass is 10.0. The second-order valence-electron chi connectivity index (χ2n) is 9.55. The molecule has 0 saturated heterocycles. The number of aliphatic carboxylic acids is 1. The summed E-state index contributed by atoms with van der Waals surface area (Å²) in [5, 5.41) is 15.6. The number of carboxylic acids is 1. The molecule has 4 rings (SSSR count). The quantitative estimate of drug-likeness (QED) is 0.348. The number of hydrogen-bond donors (Lipinski definition) is 2. The second kappa shape index (κ2) is 12.0. The molecule has 0 bridgehead atoms. The van der Waals surface area contributed by atoms with Crippen LogP contribution in [0.4, 0.5) is 0 Å². The minimum absolute atomic E-state index is 0.0447. The summed E-state index contributed by atoms with van der Waals surface area (Å²) in [6.07, 6.45) is 5.37. The molecule has 0 spiro atoms. The summed E-state index contributed by atoms with van der Waals surface area (Å²) >= 11 is 0. The topological polar surface area (TPSA) is 127 Å². The molecule has 0 unspecified atom stereocenters. The van der Waals surface area contributed by atoms with Crippen molar-refractivity contribution in [2.24, 2.45) is 0 Å². The van der Waals surface area contributed by atoms with E-state index in [9.17, 15) is 9.59 Å². The normalized spacial score (nSPS) is 13.6. The number of benzene rings is 1. The van der Waals surface area contributed by atoms with Crippen LogP contribution in [0, 0.1) is 13.8 Å². The number of nitrogens with zero attached hydrogens (tertiary/aromatic N) is 3. The Balaban J connectivity index is 1.46. The third kappa shape index (κ3) is 6.72. The number of nitrogens with one attached hydrogen (secondary N) is 1. The fourth-order valence-corrected chi connectivity index (χ4v) is 4.80. The first-order valence-corrected chi connectivity index (χ1v) is 12.9. The number of aromatic nitrogens is 3. The molecular weight excluding hydrogens is 472 g/mol. The van der Waals surface area contributed by atoms with Gasteiger partial charge in [0.15, 0.2) is 0 Å². The van der Waals surface area contributed by atoms with E-state index in [0.29, 0.717) is 24.2 Å². The van der Waals surface area contributed by atoms with Gasteiger partial charge in [-0.2, -0.15) is 4.98 Å². The SMILES string of the molecule is CCc1cc(-c2noc(-c3cc(C)nc(C4CCCC4)c3)n2)cc(C)c1OCCNC(=O)CCC(=O)O. The summed E-state index contributed by atoms with van der Waals surface area (Å²) < 4.78 is 11.6. The van der Waals surface area contributed by atoms with Gasteiger partial charge in [-0.05, 0) is 68.5 Å². The van der Waals surface area contributed by atoms with Crippen LogP contribution >= 0.6 is 0 Å². The molecule has 1 amide bonds. The van der Waals surface area contributed by atoms with Crippen molar-refractivity contribution in [1.82, 2.24) is 20.4 Å². The lowest BCUT2D eigenvalue weighted by molar-refractivity contribution is -0.138. The van der Waals surface area contributed by atoms with Crippen LogP contribution in [0.2, 0.25) is 0 Å². The maximum atomic E-state index is 11.7. The van der Waals surface area contributed by atoms with Gasteiger partial charge in [0.05, 0.1) is 13.0 Å². The van der Waals surface area contributed by atoms with Crippen LogP contribution in [0.3, 0.4) is 0 Å². The number of rotatable bonds is 11. The van der Waals surface area contributed by atoms with Crippen molar-refractivity contribution in [2.75, 3.05) is 13.2 Å². The summed E-state index contributed by atoms with van der Waals surface area (Å²) in [5.41, 5.74) is 5.73. The lowest BCUT2D eigenvalue weighted by Crippen LogP contribution is -2.28. The molecule has 196 valence electrons. The zero-order valence-electron chi connectivity index (χ0n) is 21.7. The molecule has 2 aromatic heterocycles. The first-order valence-electron chi connectivity index (χ1n) is 12.9. The number of hydrogen-bond acceptors (Lipinski definition) is 7. The predicted molar refractivity (Wildman–Crippen MR) is 138 cm³/mol. The van der Waals surface area contributed by atoms with E-state index in [1.54, 1.807) is 0 Å². The van der Waals surface area contributed by atoms with Crippen molar-refractivity contribution in [3.05, 3.63) is 46.8 Å². The van der Waals surface area contributed by atoms with E-state index >= 15 is 0 Å². The van der Waals surface area contributed by atoms with Gasteiger partial charge in [-0.15, -0.1) is 0 Å². The van der Waals surface area contributed by atoms with Gasteiger partial charge in [-0.3, -0.25) is 14.6 Å². The molecule has 9 heteroatoms. The van der Waals surface area contributed by atoms with Crippen molar-refractivity contribution < 1.29 is 24.0 Å². The third-order valence-corrected chi connectivity index (χ3v) is 6.65. The van der Waals surface area contributed by atoms with Crippen LogP contribution in [-0.2, 0) is 16.0 Å². The van der Waals surface area contributed by atoms with Crippen LogP contribution in [-0.4, -0.2) is 45.3 Å².